The third-order valence-electron chi connectivity index (χ3n) is 16.6. The van der Waals surface area contributed by atoms with Gasteiger partial charge in [-0.05, 0) is 113 Å². The summed E-state index contributed by atoms with van der Waals surface area (Å²) in [4.78, 5) is 168. The zero-order valence-electron chi connectivity index (χ0n) is 60.0. The number of esters is 1. The fourth-order valence-electron chi connectivity index (χ4n) is 11.4. The molecule has 0 spiro atoms. The number of carbonyl (C=O) groups is 11. The Kier molecular flexibility index (Phi) is 35.1. The van der Waals surface area contributed by atoms with Crippen molar-refractivity contribution < 1.29 is 67.7 Å². The summed E-state index contributed by atoms with van der Waals surface area (Å²) < 4.78 is 5.91. The minimum absolute atomic E-state index is 0.0811. The highest BCUT2D eigenvalue weighted by Gasteiger charge is 2.45. The number of aliphatic hydroxyl groups excluding tert-OH is 2. The standard InChI is InChI=1S/C66H121N11O14/c1-35(2)28-47-61(85)74(22)50(31-38(7)8)58(82)68-44(18)66(90)91-56(41(13)14)65(89)75(23)51(32-39(9)10)59(83)70-48(29-36(3)4)62(86)76(24)53(40(11)12)64(88)77(25)54(55(80)43(17)26-27-67-42(15)16)60(84)71-52(45(19)78)63(87)73(21)34-46(79)33-72(20)49(30-37(5)6)57(81)69-47/h35-45,47-56,67,78,80H,26-34H2,1-25H3,(H,68,82)(H,69,81)(H,70,83)(H,71,84)/t43-,44-,45-,47-,48-,49+,50-,51-,52-,53-,54-,55-,56+/m1/s1. The number of Topliss-reactive ketones (excluding diaryl/α,β-unsaturated/α-hetero) is 1. The van der Waals surface area contributed by atoms with E-state index in [1.54, 1.807) is 41.7 Å². The zero-order chi connectivity index (χ0) is 70.5. The van der Waals surface area contributed by atoms with Crippen LogP contribution in [0.25, 0.3) is 0 Å². The van der Waals surface area contributed by atoms with E-state index in [0.29, 0.717) is 13.0 Å². The molecule has 9 amide bonds. The summed E-state index contributed by atoms with van der Waals surface area (Å²) in [5.74, 6) is -10.9. The molecule has 0 aromatic heterocycles. The SMILES string of the molecule is CC(C)C[C@@H]1C(=O)N[C@H](CC(C)C)C(=O)N(C)[C@H](C(C)C)C(=O)N(C)[C@H]([C@H](O)[C@H](C)CCNC(C)C)C(=O)N[C@H]([C@@H](C)O)C(=O)N(C)CC(=O)CN(C)[C@@H](CC(C)C)C(=O)N[C@H](CC(C)C)C(=O)N(C)[C@H](CC(C)C)C(=O)N[C@H](C)C(=O)O[C@@H](C(C)C)C(=O)N1C. The minimum Gasteiger partial charge on any atom is -0.450 e. The highest BCUT2D eigenvalue weighted by atomic mass is 16.6. The van der Waals surface area contributed by atoms with Crippen LogP contribution in [0.3, 0.4) is 0 Å². The first-order valence-electron chi connectivity index (χ1n) is 32.9. The number of hydrogen-bond acceptors (Lipinski definition) is 16. The van der Waals surface area contributed by atoms with Gasteiger partial charge in [-0.1, -0.05) is 118 Å². The molecule has 13 atom stereocenters. The number of nitrogens with zero attached hydrogens (tertiary/aromatic N) is 6. The molecule has 1 fully saturated rings. The molecular formula is C66H121N11O14. The number of cyclic esters (lactones) is 1. The molecule has 0 radical (unpaired) electrons. The largest absolute Gasteiger partial charge is 0.450 e. The first kappa shape index (κ1) is 83.2. The van der Waals surface area contributed by atoms with E-state index in [9.17, 15) is 53.4 Å². The maximum atomic E-state index is 15.2. The van der Waals surface area contributed by atoms with Gasteiger partial charge < -0.3 is 66.0 Å². The van der Waals surface area contributed by atoms with E-state index in [2.05, 4.69) is 26.6 Å². The first-order valence-corrected chi connectivity index (χ1v) is 32.9. The smallest absolute Gasteiger partial charge is 0.329 e. The molecular weight excluding hydrogens is 1170 g/mol. The van der Waals surface area contributed by atoms with Crippen molar-refractivity contribution in [1.29, 1.82) is 0 Å². The van der Waals surface area contributed by atoms with Crippen molar-refractivity contribution in [2.24, 2.45) is 47.3 Å². The highest BCUT2D eigenvalue weighted by Crippen LogP contribution is 2.25. The number of carbonyl (C=O) groups excluding carboxylic acids is 11. The summed E-state index contributed by atoms with van der Waals surface area (Å²) in [6.07, 6.45) is -3.58. The molecule has 0 aromatic carbocycles. The number of ether oxygens (including phenoxy) is 1. The van der Waals surface area contributed by atoms with E-state index in [4.69, 9.17) is 4.74 Å². The van der Waals surface area contributed by atoms with Gasteiger partial charge in [-0.25, -0.2) is 4.79 Å². The topological polar surface area (TPSA) is 317 Å². The number of nitrogens with one attached hydrogen (secondary N) is 5. The summed E-state index contributed by atoms with van der Waals surface area (Å²) in [5.41, 5.74) is 0. The van der Waals surface area contributed by atoms with Crippen molar-refractivity contribution in [1.82, 2.24) is 56.0 Å². The quantitative estimate of drug-likeness (QED) is 0.0915. The lowest BCUT2D eigenvalue weighted by atomic mass is 9.91. The fraction of sp³-hybridized carbons (Fsp3) is 0.833. The van der Waals surface area contributed by atoms with Gasteiger partial charge in [-0.15, -0.1) is 0 Å². The zero-order valence-corrected chi connectivity index (χ0v) is 60.0. The molecule has 0 bridgehead atoms. The van der Waals surface area contributed by atoms with Gasteiger partial charge in [0.25, 0.3) is 5.91 Å². The number of ketones is 1. The second-order valence-electron chi connectivity index (χ2n) is 28.8. The summed E-state index contributed by atoms with van der Waals surface area (Å²) in [6.45, 7) is 33.0. The second-order valence-corrected chi connectivity index (χ2v) is 28.8. The second kappa shape index (κ2) is 38.4. The van der Waals surface area contributed by atoms with Crippen LogP contribution in [-0.2, 0) is 57.5 Å². The molecule has 25 heteroatoms. The van der Waals surface area contributed by atoms with E-state index >= 15 is 9.59 Å². The predicted octanol–water partition coefficient (Wildman–Crippen LogP) is 2.82. The Hall–Kier alpha value is -5.79. The lowest BCUT2D eigenvalue weighted by molar-refractivity contribution is -0.166. The van der Waals surface area contributed by atoms with Crippen molar-refractivity contribution in [2.45, 2.75) is 249 Å². The van der Waals surface area contributed by atoms with Gasteiger partial charge in [0.1, 0.15) is 48.3 Å². The van der Waals surface area contributed by atoms with Crippen LogP contribution in [0.1, 0.15) is 170 Å². The molecule has 524 valence electrons. The average Bonchev–Trinajstić information content (AvgIpc) is 0.952. The Morgan fingerprint density at radius 3 is 1.32 bits per heavy atom. The minimum atomic E-state index is -1.72. The molecule has 1 rings (SSSR count). The van der Waals surface area contributed by atoms with Crippen molar-refractivity contribution in [3.05, 3.63) is 0 Å². The van der Waals surface area contributed by atoms with Gasteiger partial charge in [0.15, 0.2) is 11.9 Å². The van der Waals surface area contributed by atoms with E-state index < -0.39 is 162 Å². The first-order chi connectivity index (χ1) is 41.9. The molecule has 0 aliphatic carbocycles. The molecule has 0 saturated carbocycles. The maximum Gasteiger partial charge on any atom is 0.329 e. The van der Waals surface area contributed by atoms with Crippen molar-refractivity contribution >= 4 is 64.9 Å². The monoisotopic (exact) mass is 1290 g/mol. The summed E-state index contributed by atoms with van der Waals surface area (Å²) in [6, 6.07) is -11.8. The van der Waals surface area contributed by atoms with E-state index in [1.807, 2.05) is 83.1 Å². The summed E-state index contributed by atoms with van der Waals surface area (Å²) in [5, 5.41) is 37.8. The number of rotatable bonds is 19. The van der Waals surface area contributed by atoms with Crippen LogP contribution in [0.5, 0.6) is 0 Å². The van der Waals surface area contributed by atoms with Crippen molar-refractivity contribution in [3.63, 3.8) is 0 Å². The number of likely N-dealkylation sites (N-methyl/N-ethyl adjacent to an activating group) is 6. The Morgan fingerprint density at radius 1 is 0.473 bits per heavy atom. The van der Waals surface area contributed by atoms with Crippen LogP contribution in [0.2, 0.25) is 0 Å². The van der Waals surface area contributed by atoms with E-state index in [1.165, 1.54) is 68.7 Å². The maximum absolute atomic E-state index is 15.2. The van der Waals surface area contributed by atoms with Crippen LogP contribution < -0.4 is 26.6 Å². The molecule has 0 unspecified atom stereocenters. The lowest BCUT2D eigenvalue weighted by Gasteiger charge is -2.40. The predicted molar refractivity (Wildman–Crippen MR) is 350 cm³/mol. The summed E-state index contributed by atoms with van der Waals surface area (Å²) >= 11 is 0. The van der Waals surface area contributed by atoms with Gasteiger partial charge in [0, 0.05) is 41.3 Å². The van der Waals surface area contributed by atoms with Crippen LogP contribution in [0.4, 0.5) is 0 Å². The molecule has 1 aliphatic rings. The van der Waals surface area contributed by atoms with Crippen LogP contribution >= 0.6 is 0 Å². The van der Waals surface area contributed by atoms with Gasteiger partial charge in [-0.2, -0.15) is 0 Å². The van der Waals surface area contributed by atoms with E-state index in [0.717, 1.165) is 9.80 Å². The third kappa shape index (κ3) is 25.9. The van der Waals surface area contributed by atoms with Crippen LogP contribution in [-0.4, -0.2) is 245 Å². The van der Waals surface area contributed by atoms with Gasteiger partial charge in [0.05, 0.1) is 31.3 Å². The molecule has 7 N–H and O–H groups in total. The van der Waals surface area contributed by atoms with Crippen LogP contribution in [0.15, 0.2) is 0 Å². The number of aliphatic hydroxyl groups is 2. The summed E-state index contributed by atoms with van der Waals surface area (Å²) in [7, 11) is 8.40. The molecule has 1 heterocycles. The fourth-order valence-corrected chi connectivity index (χ4v) is 11.4. The number of hydrogen-bond donors (Lipinski definition) is 7. The van der Waals surface area contributed by atoms with Crippen molar-refractivity contribution in [3.8, 4) is 0 Å². The Morgan fingerprint density at radius 2 is 0.890 bits per heavy atom. The van der Waals surface area contributed by atoms with Crippen LogP contribution in [0, 0.1) is 47.3 Å². The Bertz CT molecular complexity index is 2420. The van der Waals surface area contributed by atoms with Gasteiger partial charge >= 0.3 is 5.97 Å². The van der Waals surface area contributed by atoms with Crippen molar-refractivity contribution in [2.75, 3.05) is 61.9 Å². The van der Waals surface area contributed by atoms with Gasteiger partial charge in [-0.3, -0.25) is 52.8 Å². The Balaban J connectivity index is 4.37. The third-order valence-corrected chi connectivity index (χ3v) is 16.6. The lowest BCUT2D eigenvalue weighted by Crippen LogP contribution is -2.64. The molecule has 1 aliphatic heterocycles. The normalized spacial score (nSPS) is 26.5. The van der Waals surface area contributed by atoms with Gasteiger partial charge in [0.2, 0.25) is 47.3 Å². The molecule has 1 saturated heterocycles. The van der Waals surface area contributed by atoms with E-state index in [-0.39, 0.29) is 74.3 Å². The molecule has 91 heavy (non-hydrogen) atoms. The molecule has 25 nitrogen and oxygen atoms in total. The highest BCUT2D eigenvalue weighted by molar-refractivity contribution is 5.99. The molecule has 0 aromatic rings. The Labute approximate surface area is 544 Å². The number of amides is 9. The average molecular weight is 1290 g/mol.